The average Bonchev–Trinajstić information content (AvgIpc) is 2.78. The van der Waals surface area contributed by atoms with Crippen molar-refractivity contribution in [2.45, 2.75) is 46.2 Å². The molecule has 0 radical (unpaired) electrons. The van der Waals surface area contributed by atoms with Crippen molar-refractivity contribution in [3.63, 3.8) is 0 Å². The Bertz CT molecular complexity index is 1130. The van der Waals surface area contributed by atoms with Gasteiger partial charge in [-0.05, 0) is 33.8 Å². The lowest BCUT2D eigenvalue weighted by Crippen LogP contribution is -2.49. The Balaban J connectivity index is 1.64. The van der Waals surface area contributed by atoms with E-state index in [0.717, 1.165) is 38.1 Å². The number of halogens is 3. The van der Waals surface area contributed by atoms with Crippen LogP contribution in [0.5, 0.6) is 0 Å². The lowest BCUT2D eigenvalue weighted by molar-refractivity contribution is 0.146. The Labute approximate surface area is 191 Å². The molecule has 7 nitrogen and oxygen atoms in total. The second kappa shape index (κ2) is 9.46. The molecule has 3 heterocycles. The molecular weight excluding hydrogens is 431 g/mol. The Morgan fingerprint density at radius 1 is 0.970 bits per heavy atom. The van der Waals surface area contributed by atoms with Crippen LogP contribution in [0.4, 0.5) is 24.8 Å². The quantitative estimate of drug-likeness (QED) is 0.582. The van der Waals surface area contributed by atoms with E-state index < -0.39 is 23.8 Å². The van der Waals surface area contributed by atoms with Crippen molar-refractivity contribution in [3.8, 4) is 0 Å². The summed E-state index contributed by atoms with van der Waals surface area (Å²) in [6, 6.07) is 5.80. The van der Waals surface area contributed by atoms with Crippen molar-refractivity contribution in [2.75, 3.05) is 36.4 Å². The zero-order valence-corrected chi connectivity index (χ0v) is 19.2. The van der Waals surface area contributed by atoms with Crippen molar-refractivity contribution in [1.82, 2.24) is 25.1 Å². The molecule has 0 unspecified atom stereocenters. The number of hydrogen-bond acceptors (Lipinski definition) is 7. The molecule has 1 saturated heterocycles. The first kappa shape index (κ1) is 23.2. The largest absolute Gasteiger partial charge is 0.363 e. The molecule has 2 aromatic heterocycles. The first-order valence-electron chi connectivity index (χ1n) is 11.1. The van der Waals surface area contributed by atoms with Crippen molar-refractivity contribution < 1.29 is 13.2 Å². The predicted octanol–water partition coefficient (Wildman–Crippen LogP) is 4.51. The van der Waals surface area contributed by atoms with Gasteiger partial charge in [-0.2, -0.15) is 0 Å². The molecule has 1 atom stereocenters. The molecule has 4 rings (SSSR count). The second-order valence-electron chi connectivity index (χ2n) is 8.59. The van der Waals surface area contributed by atoms with Crippen molar-refractivity contribution in [1.29, 1.82) is 0 Å². The Hall–Kier alpha value is -3.01. The van der Waals surface area contributed by atoms with Gasteiger partial charge in [0, 0.05) is 37.8 Å². The van der Waals surface area contributed by atoms with E-state index in [2.05, 4.69) is 49.1 Å². The molecule has 0 aliphatic carbocycles. The number of piperazine rings is 1. The fourth-order valence-corrected chi connectivity index (χ4v) is 4.12. The molecule has 176 valence electrons. The minimum absolute atomic E-state index is 0.143. The van der Waals surface area contributed by atoms with Crippen LogP contribution in [0.15, 0.2) is 24.3 Å². The third-order valence-corrected chi connectivity index (χ3v) is 6.04. The van der Waals surface area contributed by atoms with E-state index in [1.165, 1.54) is 12.1 Å². The number of alkyl halides is 2. The molecule has 1 aliphatic rings. The van der Waals surface area contributed by atoms with Gasteiger partial charge in [-0.15, -0.1) is 10.2 Å². The van der Waals surface area contributed by atoms with E-state index in [4.69, 9.17) is 0 Å². The molecule has 1 aliphatic heterocycles. The van der Waals surface area contributed by atoms with Gasteiger partial charge in [-0.1, -0.05) is 18.2 Å². The number of benzene rings is 1. The van der Waals surface area contributed by atoms with Crippen LogP contribution in [-0.2, 0) is 0 Å². The Morgan fingerprint density at radius 3 is 2.33 bits per heavy atom. The van der Waals surface area contributed by atoms with Gasteiger partial charge in [0.25, 0.3) is 6.43 Å². The predicted molar refractivity (Wildman–Crippen MR) is 122 cm³/mol. The average molecular weight is 460 g/mol. The summed E-state index contributed by atoms with van der Waals surface area (Å²) >= 11 is 0. The molecular formula is C23H28F3N7. The van der Waals surface area contributed by atoms with Crippen LogP contribution in [0.3, 0.4) is 0 Å². The number of nitrogens with zero attached hydrogens (tertiary/aromatic N) is 6. The molecule has 33 heavy (non-hydrogen) atoms. The fraction of sp³-hybridized carbons (Fsp3) is 0.478. The first-order chi connectivity index (χ1) is 15.7. The summed E-state index contributed by atoms with van der Waals surface area (Å²) in [5, 5.41) is 12.5. The third kappa shape index (κ3) is 4.85. The first-order valence-corrected chi connectivity index (χ1v) is 11.1. The zero-order valence-electron chi connectivity index (χ0n) is 19.2. The summed E-state index contributed by atoms with van der Waals surface area (Å²) in [5.74, 6) is 0.751. The van der Waals surface area contributed by atoms with Crippen molar-refractivity contribution >= 4 is 22.7 Å². The molecule has 1 aromatic carbocycles. The van der Waals surface area contributed by atoms with Crippen LogP contribution in [0, 0.1) is 12.7 Å². The number of anilines is 2. The standard InChI is InChI=1S/C23H28F3N7/c1-13(2)32-8-10-33(11-9-32)19-12-18-22(28-15(4)29-23(18)31-30-19)27-14(3)16-6-5-7-17(20(16)24)21(25)26/h5-7,12-14,21H,8-11H2,1-4H3,(H,27,28,29,31)/t14-/m1/s1. The lowest BCUT2D eigenvalue weighted by Gasteiger charge is -2.37. The number of aryl methyl sites for hydroxylation is 1. The van der Waals surface area contributed by atoms with Gasteiger partial charge in [0.15, 0.2) is 11.5 Å². The van der Waals surface area contributed by atoms with Crippen LogP contribution in [0.1, 0.15) is 50.2 Å². The summed E-state index contributed by atoms with van der Waals surface area (Å²) in [7, 11) is 0. The van der Waals surface area contributed by atoms with Crippen LogP contribution in [-0.4, -0.2) is 57.3 Å². The highest BCUT2D eigenvalue weighted by atomic mass is 19.3. The minimum Gasteiger partial charge on any atom is -0.363 e. The molecule has 3 aromatic rings. The number of aromatic nitrogens is 4. The van der Waals surface area contributed by atoms with Gasteiger partial charge >= 0.3 is 0 Å². The molecule has 1 fully saturated rings. The number of nitrogens with one attached hydrogen (secondary N) is 1. The SMILES string of the molecule is Cc1nc(N[C@H](C)c2cccc(C(F)F)c2F)c2cc(N3CCN(C(C)C)CC3)nnc2n1. The third-order valence-electron chi connectivity index (χ3n) is 6.04. The van der Waals surface area contributed by atoms with Crippen LogP contribution in [0.25, 0.3) is 11.0 Å². The summed E-state index contributed by atoms with van der Waals surface area (Å²) in [5.41, 5.74) is -0.0496. The zero-order chi connectivity index (χ0) is 23.7. The van der Waals surface area contributed by atoms with Gasteiger partial charge in [-0.3, -0.25) is 4.90 Å². The highest BCUT2D eigenvalue weighted by molar-refractivity contribution is 5.88. The molecule has 0 amide bonds. The number of rotatable bonds is 6. The molecule has 0 saturated carbocycles. The molecule has 0 spiro atoms. The van der Waals surface area contributed by atoms with E-state index in [1.54, 1.807) is 13.8 Å². The smallest absolute Gasteiger partial charge is 0.266 e. The highest BCUT2D eigenvalue weighted by Gasteiger charge is 2.23. The second-order valence-corrected chi connectivity index (χ2v) is 8.59. The summed E-state index contributed by atoms with van der Waals surface area (Å²) < 4.78 is 41.0. The molecule has 0 bridgehead atoms. The normalized spacial score (nSPS) is 16.1. The topological polar surface area (TPSA) is 70.1 Å². The maximum absolute atomic E-state index is 14.7. The highest BCUT2D eigenvalue weighted by Crippen LogP contribution is 2.30. The summed E-state index contributed by atoms with van der Waals surface area (Å²) in [6.45, 7) is 11.3. The van der Waals surface area contributed by atoms with E-state index in [-0.39, 0.29) is 5.56 Å². The summed E-state index contributed by atoms with van der Waals surface area (Å²) in [4.78, 5) is 13.4. The number of hydrogen-bond donors (Lipinski definition) is 1. The van der Waals surface area contributed by atoms with E-state index in [9.17, 15) is 13.2 Å². The van der Waals surface area contributed by atoms with Gasteiger partial charge in [0.1, 0.15) is 17.5 Å². The van der Waals surface area contributed by atoms with Crippen LogP contribution >= 0.6 is 0 Å². The van der Waals surface area contributed by atoms with Gasteiger partial charge in [0.05, 0.1) is 17.0 Å². The monoisotopic (exact) mass is 459 g/mol. The number of fused-ring (bicyclic) bond motifs is 1. The Morgan fingerprint density at radius 2 is 1.67 bits per heavy atom. The maximum Gasteiger partial charge on any atom is 0.266 e. The molecule has 10 heteroatoms. The van der Waals surface area contributed by atoms with Gasteiger partial charge < -0.3 is 10.2 Å². The van der Waals surface area contributed by atoms with Gasteiger partial charge in [-0.25, -0.2) is 23.1 Å². The van der Waals surface area contributed by atoms with Crippen molar-refractivity contribution in [3.05, 3.63) is 47.0 Å². The lowest BCUT2D eigenvalue weighted by atomic mass is 10.0. The van der Waals surface area contributed by atoms with Crippen LogP contribution in [0.2, 0.25) is 0 Å². The van der Waals surface area contributed by atoms with E-state index in [1.807, 2.05) is 6.07 Å². The van der Waals surface area contributed by atoms with E-state index in [0.29, 0.717) is 28.7 Å². The fourth-order valence-electron chi connectivity index (χ4n) is 4.12. The maximum atomic E-state index is 14.7. The summed E-state index contributed by atoms with van der Waals surface area (Å²) in [6.07, 6.45) is -2.88. The minimum atomic E-state index is -2.88. The van der Waals surface area contributed by atoms with E-state index >= 15 is 0 Å². The van der Waals surface area contributed by atoms with Crippen molar-refractivity contribution in [2.24, 2.45) is 0 Å². The Kier molecular flexibility index (Phi) is 6.64. The van der Waals surface area contributed by atoms with Gasteiger partial charge in [0.2, 0.25) is 0 Å². The molecule has 1 N–H and O–H groups in total. The van der Waals surface area contributed by atoms with Crippen LogP contribution < -0.4 is 10.2 Å².